The number of fused-ring (bicyclic) bond motifs is 1. The molecule has 24 heavy (non-hydrogen) atoms. The van der Waals surface area contributed by atoms with Crippen molar-refractivity contribution < 1.29 is 14.3 Å². The third-order valence-corrected chi connectivity index (χ3v) is 4.51. The van der Waals surface area contributed by atoms with Crippen LogP contribution in [0.15, 0.2) is 17.1 Å². The van der Waals surface area contributed by atoms with E-state index in [4.69, 9.17) is 9.47 Å². The number of ether oxygens (including phenoxy) is 2. The Balaban J connectivity index is 1.65. The van der Waals surface area contributed by atoms with Crippen molar-refractivity contribution in [1.29, 1.82) is 0 Å². The van der Waals surface area contributed by atoms with Crippen molar-refractivity contribution in [3.05, 3.63) is 28.3 Å². The smallest absolute Gasteiger partial charge is 0.325 e. The molecule has 8 heteroatoms. The Kier molecular flexibility index (Phi) is 3.29. The fourth-order valence-corrected chi connectivity index (χ4v) is 3.67. The predicted molar refractivity (Wildman–Crippen MR) is 85.9 cm³/mol. The normalized spacial score (nSPS) is 26.3. The molecule has 2 saturated heterocycles. The molecular formula is C16H20N4O4. The Morgan fingerprint density at radius 2 is 2.17 bits per heavy atom. The van der Waals surface area contributed by atoms with Crippen molar-refractivity contribution in [2.45, 2.75) is 31.5 Å². The van der Waals surface area contributed by atoms with Crippen LogP contribution in [0.3, 0.4) is 0 Å². The number of carbonyl (C=O) groups excluding carboxylic acids is 1. The molecule has 2 fully saturated rings. The van der Waals surface area contributed by atoms with E-state index in [1.54, 1.807) is 11.0 Å². The highest BCUT2D eigenvalue weighted by atomic mass is 16.6. The van der Waals surface area contributed by atoms with Gasteiger partial charge in [0.1, 0.15) is 5.60 Å². The number of amides is 1. The lowest BCUT2D eigenvalue weighted by Gasteiger charge is -2.48. The second kappa shape index (κ2) is 5.15. The van der Waals surface area contributed by atoms with Crippen LogP contribution in [0.25, 0.3) is 11.2 Å². The number of hydrogen-bond acceptors (Lipinski definition) is 5. The van der Waals surface area contributed by atoms with Crippen molar-refractivity contribution in [1.82, 2.24) is 19.9 Å². The summed E-state index contributed by atoms with van der Waals surface area (Å²) in [4.78, 5) is 35.5. The molecule has 2 aromatic rings. The van der Waals surface area contributed by atoms with Crippen LogP contribution in [0, 0.1) is 0 Å². The van der Waals surface area contributed by atoms with Gasteiger partial charge in [0.2, 0.25) is 0 Å². The van der Waals surface area contributed by atoms with Crippen molar-refractivity contribution >= 4 is 17.1 Å². The van der Waals surface area contributed by atoms with Gasteiger partial charge in [0.25, 0.3) is 5.91 Å². The molecule has 4 heterocycles. The van der Waals surface area contributed by atoms with Gasteiger partial charge in [0.15, 0.2) is 5.65 Å². The zero-order valence-electron chi connectivity index (χ0n) is 13.7. The first kappa shape index (κ1) is 15.3. The van der Waals surface area contributed by atoms with Gasteiger partial charge in [-0.05, 0) is 19.9 Å². The van der Waals surface area contributed by atoms with E-state index < -0.39 is 11.2 Å². The van der Waals surface area contributed by atoms with Gasteiger partial charge in [-0.2, -0.15) is 0 Å². The average molecular weight is 332 g/mol. The maximum absolute atomic E-state index is 13.0. The lowest BCUT2D eigenvalue weighted by molar-refractivity contribution is -0.186. The Bertz CT molecular complexity index is 847. The van der Waals surface area contributed by atoms with E-state index in [-0.39, 0.29) is 11.6 Å². The molecule has 2 aliphatic heterocycles. The van der Waals surface area contributed by atoms with E-state index in [1.165, 1.54) is 6.20 Å². The number of imidazole rings is 1. The molecule has 0 aliphatic carbocycles. The minimum absolute atomic E-state index is 0.117. The zero-order chi connectivity index (χ0) is 16.9. The molecule has 0 radical (unpaired) electrons. The number of aromatic nitrogens is 3. The minimum atomic E-state index is -0.443. The molecular weight excluding hydrogens is 312 g/mol. The second-order valence-electron chi connectivity index (χ2n) is 7.21. The Morgan fingerprint density at radius 3 is 2.92 bits per heavy atom. The molecule has 1 atom stereocenters. The first-order chi connectivity index (χ1) is 11.4. The summed E-state index contributed by atoms with van der Waals surface area (Å²) in [6, 6.07) is 1.66. The zero-order valence-corrected chi connectivity index (χ0v) is 13.7. The standard InChI is InChI=1S/C16H20N4O4/c1-15(2)7-20(8-16(24-15)3-4-23-9-16)13(21)10-5-11-12(17-6-10)19-14(22)18-11/h5-6H,3-4,7-9H2,1-2H3,(H2,17,18,19,22). The maximum atomic E-state index is 13.0. The third kappa shape index (κ3) is 2.61. The summed E-state index contributed by atoms with van der Waals surface area (Å²) < 4.78 is 11.7. The Morgan fingerprint density at radius 1 is 1.33 bits per heavy atom. The van der Waals surface area contributed by atoms with Crippen LogP contribution < -0.4 is 5.69 Å². The number of rotatable bonds is 1. The molecule has 2 N–H and O–H groups in total. The van der Waals surface area contributed by atoms with Gasteiger partial charge >= 0.3 is 5.69 Å². The molecule has 2 aromatic heterocycles. The van der Waals surface area contributed by atoms with Crippen LogP contribution in [-0.2, 0) is 9.47 Å². The highest BCUT2D eigenvalue weighted by molar-refractivity contribution is 5.96. The second-order valence-corrected chi connectivity index (χ2v) is 7.21. The molecule has 1 spiro atoms. The fraction of sp³-hybridized carbons (Fsp3) is 0.562. The number of morpholine rings is 1. The van der Waals surface area contributed by atoms with Crippen molar-refractivity contribution in [2.75, 3.05) is 26.3 Å². The number of aromatic amines is 2. The van der Waals surface area contributed by atoms with Crippen molar-refractivity contribution in [3.8, 4) is 0 Å². The van der Waals surface area contributed by atoms with Crippen LogP contribution in [0.2, 0.25) is 0 Å². The number of carbonyl (C=O) groups is 1. The summed E-state index contributed by atoms with van der Waals surface area (Å²) in [5.74, 6) is -0.117. The van der Waals surface area contributed by atoms with Crippen LogP contribution in [0.5, 0.6) is 0 Å². The van der Waals surface area contributed by atoms with Gasteiger partial charge in [-0.25, -0.2) is 9.78 Å². The summed E-state index contributed by atoms with van der Waals surface area (Å²) in [5.41, 5.74) is 0.205. The lowest BCUT2D eigenvalue weighted by Crippen LogP contribution is -2.61. The number of nitrogens with zero attached hydrogens (tertiary/aromatic N) is 2. The van der Waals surface area contributed by atoms with Crippen LogP contribution >= 0.6 is 0 Å². The highest BCUT2D eigenvalue weighted by Crippen LogP contribution is 2.35. The fourth-order valence-electron chi connectivity index (χ4n) is 3.67. The number of hydrogen-bond donors (Lipinski definition) is 2. The summed E-state index contributed by atoms with van der Waals surface area (Å²) in [7, 11) is 0. The first-order valence-electron chi connectivity index (χ1n) is 8.01. The molecule has 2 aliphatic rings. The molecule has 0 bridgehead atoms. The summed E-state index contributed by atoms with van der Waals surface area (Å²) in [5, 5.41) is 0. The highest BCUT2D eigenvalue weighted by Gasteiger charge is 2.48. The van der Waals surface area contributed by atoms with Crippen molar-refractivity contribution in [3.63, 3.8) is 0 Å². The van der Waals surface area contributed by atoms with Crippen LogP contribution in [0.1, 0.15) is 30.6 Å². The van der Waals surface area contributed by atoms with E-state index in [0.717, 1.165) is 6.42 Å². The van der Waals surface area contributed by atoms with E-state index in [0.29, 0.717) is 43.0 Å². The molecule has 0 aromatic carbocycles. The molecule has 4 rings (SSSR count). The van der Waals surface area contributed by atoms with E-state index in [1.807, 2.05) is 13.8 Å². The van der Waals surface area contributed by atoms with Gasteiger partial charge < -0.3 is 19.4 Å². The SMILES string of the molecule is CC1(C)CN(C(=O)c2cnc3[nH]c(=O)[nH]c3c2)CC2(CCOC2)O1. The monoisotopic (exact) mass is 332 g/mol. The summed E-state index contributed by atoms with van der Waals surface area (Å²) >= 11 is 0. The van der Waals surface area contributed by atoms with Gasteiger partial charge in [-0.1, -0.05) is 0 Å². The summed E-state index contributed by atoms with van der Waals surface area (Å²) in [6.07, 6.45) is 2.28. The summed E-state index contributed by atoms with van der Waals surface area (Å²) in [6.45, 7) is 6.11. The van der Waals surface area contributed by atoms with E-state index in [9.17, 15) is 9.59 Å². The number of nitrogens with one attached hydrogen (secondary N) is 2. The average Bonchev–Trinajstić information content (AvgIpc) is 3.09. The maximum Gasteiger partial charge on any atom is 0.325 e. The van der Waals surface area contributed by atoms with E-state index in [2.05, 4.69) is 15.0 Å². The largest absolute Gasteiger partial charge is 0.378 e. The molecule has 1 amide bonds. The molecule has 128 valence electrons. The minimum Gasteiger partial charge on any atom is -0.378 e. The third-order valence-electron chi connectivity index (χ3n) is 4.51. The topological polar surface area (TPSA) is 100 Å². The van der Waals surface area contributed by atoms with Gasteiger partial charge in [0, 0.05) is 25.8 Å². The van der Waals surface area contributed by atoms with Crippen LogP contribution in [-0.4, -0.2) is 63.3 Å². The molecule has 8 nitrogen and oxygen atoms in total. The first-order valence-corrected chi connectivity index (χ1v) is 8.01. The van der Waals surface area contributed by atoms with E-state index >= 15 is 0 Å². The van der Waals surface area contributed by atoms with Gasteiger partial charge in [0.05, 0.1) is 29.8 Å². The Labute approximate surface area is 138 Å². The number of H-pyrrole nitrogens is 2. The number of pyridine rings is 1. The van der Waals surface area contributed by atoms with Gasteiger partial charge in [-0.15, -0.1) is 0 Å². The Hall–Kier alpha value is -2.19. The lowest BCUT2D eigenvalue weighted by atomic mass is 9.94. The predicted octanol–water partition coefficient (Wildman–Crippen LogP) is 0.661. The van der Waals surface area contributed by atoms with Gasteiger partial charge in [-0.3, -0.25) is 9.78 Å². The molecule has 0 saturated carbocycles. The van der Waals surface area contributed by atoms with Crippen molar-refractivity contribution in [2.24, 2.45) is 0 Å². The van der Waals surface area contributed by atoms with Crippen LogP contribution in [0.4, 0.5) is 0 Å². The quantitative estimate of drug-likeness (QED) is 0.799. The molecule has 1 unspecified atom stereocenters.